The van der Waals surface area contributed by atoms with Crippen molar-refractivity contribution in [3.05, 3.63) is 0 Å². The van der Waals surface area contributed by atoms with Gasteiger partial charge in [0, 0.05) is 25.6 Å². The Bertz CT molecular complexity index is 219. The summed E-state index contributed by atoms with van der Waals surface area (Å²) in [6.45, 7) is 5.55. The first-order chi connectivity index (χ1) is 7.59. The number of amides is 1. The van der Waals surface area contributed by atoms with E-state index >= 15 is 0 Å². The molecule has 0 heterocycles. The van der Waals surface area contributed by atoms with E-state index in [9.17, 15) is 9.90 Å². The molecule has 0 bridgehead atoms. The van der Waals surface area contributed by atoms with E-state index in [4.69, 9.17) is 0 Å². The van der Waals surface area contributed by atoms with Gasteiger partial charge in [0.1, 0.15) is 0 Å². The van der Waals surface area contributed by atoms with Gasteiger partial charge < -0.3 is 15.7 Å². The van der Waals surface area contributed by atoms with Crippen molar-refractivity contribution >= 4 is 5.91 Å². The van der Waals surface area contributed by atoms with Crippen LogP contribution in [0.2, 0.25) is 0 Å². The van der Waals surface area contributed by atoms with Crippen LogP contribution in [0.15, 0.2) is 0 Å². The lowest BCUT2D eigenvalue weighted by molar-refractivity contribution is -0.121. The van der Waals surface area contributed by atoms with E-state index < -0.39 is 0 Å². The van der Waals surface area contributed by atoms with E-state index in [-0.39, 0.29) is 18.1 Å². The van der Waals surface area contributed by atoms with Crippen LogP contribution >= 0.6 is 0 Å². The number of hydrogen-bond donors (Lipinski definition) is 3. The van der Waals surface area contributed by atoms with Gasteiger partial charge in [0.05, 0.1) is 6.10 Å². The zero-order valence-corrected chi connectivity index (χ0v) is 10.3. The van der Waals surface area contributed by atoms with Gasteiger partial charge >= 0.3 is 0 Å². The fraction of sp³-hybridized carbons (Fsp3) is 0.917. The summed E-state index contributed by atoms with van der Waals surface area (Å²) in [6, 6.07) is 0.192. The highest BCUT2D eigenvalue weighted by Gasteiger charge is 2.24. The molecule has 0 radical (unpaired) electrons. The van der Waals surface area contributed by atoms with Crippen molar-refractivity contribution in [1.82, 2.24) is 10.6 Å². The molecule has 4 heteroatoms. The molecule has 1 aliphatic carbocycles. The molecule has 4 nitrogen and oxygen atoms in total. The Kier molecular flexibility index (Phi) is 5.77. The molecule has 0 aromatic carbocycles. The van der Waals surface area contributed by atoms with Gasteiger partial charge in [-0.05, 0) is 25.2 Å². The van der Waals surface area contributed by atoms with Gasteiger partial charge in [-0.1, -0.05) is 13.8 Å². The van der Waals surface area contributed by atoms with Gasteiger partial charge in [-0.15, -0.1) is 0 Å². The number of rotatable bonds is 6. The maximum absolute atomic E-state index is 11.4. The van der Waals surface area contributed by atoms with Gasteiger partial charge in [0.15, 0.2) is 0 Å². The standard InChI is InChI=1S/C12H24N2O2/c1-9(2)8-14-12(16)6-7-13-10-4-3-5-11(10)15/h9-11,13,15H,3-8H2,1-2H3,(H,14,16)/t10-,11-/m0/s1. The second-order valence-electron chi connectivity index (χ2n) is 5.01. The summed E-state index contributed by atoms with van der Waals surface area (Å²) in [4.78, 5) is 11.4. The van der Waals surface area contributed by atoms with Crippen molar-refractivity contribution in [3.8, 4) is 0 Å². The second kappa shape index (κ2) is 6.86. The Morgan fingerprint density at radius 1 is 1.44 bits per heavy atom. The molecule has 1 amide bonds. The Hall–Kier alpha value is -0.610. The normalized spacial score (nSPS) is 25.0. The highest BCUT2D eigenvalue weighted by molar-refractivity contribution is 5.76. The lowest BCUT2D eigenvalue weighted by Crippen LogP contribution is -2.38. The molecule has 0 unspecified atom stereocenters. The van der Waals surface area contributed by atoms with Gasteiger partial charge in [0.25, 0.3) is 0 Å². The third-order valence-corrected chi connectivity index (χ3v) is 2.95. The van der Waals surface area contributed by atoms with E-state index in [1.165, 1.54) is 0 Å². The molecule has 0 aliphatic heterocycles. The predicted molar refractivity (Wildman–Crippen MR) is 64.1 cm³/mol. The van der Waals surface area contributed by atoms with E-state index in [1.807, 2.05) is 0 Å². The molecule has 16 heavy (non-hydrogen) atoms. The van der Waals surface area contributed by atoms with Crippen LogP contribution in [0.25, 0.3) is 0 Å². The molecular weight excluding hydrogens is 204 g/mol. The van der Waals surface area contributed by atoms with Crippen molar-refractivity contribution < 1.29 is 9.90 Å². The summed E-state index contributed by atoms with van der Waals surface area (Å²) < 4.78 is 0. The molecule has 94 valence electrons. The monoisotopic (exact) mass is 228 g/mol. The maximum Gasteiger partial charge on any atom is 0.221 e. The molecule has 0 saturated heterocycles. The molecule has 1 saturated carbocycles. The highest BCUT2D eigenvalue weighted by atomic mass is 16.3. The van der Waals surface area contributed by atoms with Crippen molar-refractivity contribution in [1.29, 1.82) is 0 Å². The first-order valence-electron chi connectivity index (χ1n) is 6.27. The zero-order valence-electron chi connectivity index (χ0n) is 10.3. The van der Waals surface area contributed by atoms with Gasteiger partial charge in [-0.2, -0.15) is 0 Å². The largest absolute Gasteiger partial charge is 0.392 e. The summed E-state index contributed by atoms with van der Waals surface area (Å²) >= 11 is 0. The number of hydrogen-bond acceptors (Lipinski definition) is 3. The highest BCUT2D eigenvalue weighted by Crippen LogP contribution is 2.18. The second-order valence-corrected chi connectivity index (χ2v) is 5.01. The van der Waals surface area contributed by atoms with Gasteiger partial charge in [0.2, 0.25) is 5.91 Å². The summed E-state index contributed by atoms with van der Waals surface area (Å²) in [7, 11) is 0. The first-order valence-corrected chi connectivity index (χ1v) is 6.27. The van der Waals surface area contributed by atoms with Crippen LogP contribution in [0.3, 0.4) is 0 Å². The number of aliphatic hydroxyl groups is 1. The lowest BCUT2D eigenvalue weighted by Gasteiger charge is -2.16. The molecule has 1 rings (SSSR count). The number of aliphatic hydroxyl groups excluding tert-OH is 1. The van der Waals surface area contributed by atoms with Crippen LogP contribution in [0.1, 0.15) is 39.5 Å². The SMILES string of the molecule is CC(C)CNC(=O)CCN[C@H]1CCC[C@@H]1O. The first kappa shape index (κ1) is 13.5. The third-order valence-electron chi connectivity index (χ3n) is 2.95. The van der Waals surface area contributed by atoms with Crippen LogP contribution in [-0.2, 0) is 4.79 Å². The number of nitrogens with one attached hydrogen (secondary N) is 2. The lowest BCUT2D eigenvalue weighted by atomic mass is 10.2. The quantitative estimate of drug-likeness (QED) is 0.625. The fourth-order valence-corrected chi connectivity index (χ4v) is 1.96. The van der Waals surface area contributed by atoms with E-state index in [1.54, 1.807) is 0 Å². The number of carbonyl (C=O) groups is 1. The summed E-state index contributed by atoms with van der Waals surface area (Å²) in [5.41, 5.74) is 0. The van der Waals surface area contributed by atoms with E-state index in [0.717, 1.165) is 25.8 Å². The molecule has 3 N–H and O–H groups in total. The summed E-state index contributed by atoms with van der Waals surface area (Å²) in [5.74, 6) is 0.585. The molecule has 1 fully saturated rings. The van der Waals surface area contributed by atoms with Gasteiger partial charge in [-0.3, -0.25) is 4.79 Å². The van der Waals surface area contributed by atoms with Gasteiger partial charge in [-0.25, -0.2) is 0 Å². The third kappa shape index (κ3) is 4.94. The Balaban J connectivity index is 2.04. The van der Waals surface area contributed by atoms with Crippen molar-refractivity contribution in [2.24, 2.45) is 5.92 Å². The van der Waals surface area contributed by atoms with Crippen LogP contribution in [-0.4, -0.2) is 36.2 Å². The van der Waals surface area contributed by atoms with E-state index in [2.05, 4.69) is 24.5 Å². The van der Waals surface area contributed by atoms with E-state index in [0.29, 0.717) is 18.9 Å². The summed E-state index contributed by atoms with van der Waals surface area (Å²) in [5, 5.41) is 15.7. The molecule has 0 spiro atoms. The molecule has 0 aromatic heterocycles. The minimum atomic E-state index is -0.223. The van der Waals surface area contributed by atoms with Crippen LogP contribution in [0, 0.1) is 5.92 Å². The van der Waals surface area contributed by atoms with Crippen molar-refractivity contribution in [2.75, 3.05) is 13.1 Å². The summed E-state index contributed by atoms with van der Waals surface area (Å²) in [6.07, 6.45) is 3.26. The Morgan fingerprint density at radius 2 is 2.19 bits per heavy atom. The van der Waals surface area contributed by atoms with Crippen LogP contribution in [0.5, 0.6) is 0 Å². The average molecular weight is 228 g/mol. The Morgan fingerprint density at radius 3 is 2.75 bits per heavy atom. The van der Waals surface area contributed by atoms with Crippen LogP contribution in [0.4, 0.5) is 0 Å². The molecule has 0 aromatic rings. The van der Waals surface area contributed by atoms with Crippen LogP contribution < -0.4 is 10.6 Å². The minimum absolute atomic E-state index is 0.0914. The molecule has 1 aliphatic rings. The molecule has 2 atom stereocenters. The van der Waals surface area contributed by atoms with Crippen molar-refractivity contribution in [2.45, 2.75) is 51.7 Å². The predicted octanol–water partition coefficient (Wildman–Crippen LogP) is 0.652. The fourth-order valence-electron chi connectivity index (χ4n) is 1.96. The Labute approximate surface area is 97.8 Å². The minimum Gasteiger partial charge on any atom is -0.392 e. The maximum atomic E-state index is 11.4. The smallest absolute Gasteiger partial charge is 0.221 e. The number of carbonyl (C=O) groups excluding carboxylic acids is 1. The topological polar surface area (TPSA) is 61.4 Å². The van der Waals surface area contributed by atoms with Crippen molar-refractivity contribution in [3.63, 3.8) is 0 Å². The average Bonchev–Trinajstić information content (AvgIpc) is 2.61. The molecular formula is C12H24N2O2. The zero-order chi connectivity index (χ0) is 12.0.